The Balaban J connectivity index is 1.81. The number of aliphatic hydroxyl groups is 1. The number of fused-ring (bicyclic) bond motifs is 1. The molecular formula is C24H25N3O. The summed E-state index contributed by atoms with van der Waals surface area (Å²) in [6, 6.07) is 18.9. The molecule has 0 aliphatic heterocycles. The minimum Gasteiger partial charge on any atom is -0.389 e. The van der Waals surface area contributed by atoms with Crippen molar-refractivity contribution in [1.29, 1.82) is 0 Å². The van der Waals surface area contributed by atoms with Crippen LogP contribution in [0.4, 0.5) is 5.82 Å². The van der Waals surface area contributed by atoms with Crippen molar-refractivity contribution in [3.8, 4) is 0 Å². The highest BCUT2D eigenvalue weighted by Gasteiger charge is 2.21. The summed E-state index contributed by atoms with van der Waals surface area (Å²) in [5.41, 5.74) is 4.30. The second-order valence-corrected chi connectivity index (χ2v) is 7.44. The van der Waals surface area contributed by atoms with E-state index in [1.54, 1.807) is 0 Å². The second kappa shape index (κ2) is 7.56. The molecule has 142 valence electrons. The molecule has 2 aromatic carbocycles. The van der Waals surface area contributed by atoms with E-state index in [9.17, 15) is 5.11 Å². The van der Waals surface area contributed by atoms with Crippen LogP contribution in [0.3, 0.4) is 0 Å². The van der Waals surface area contributed by atoms with Crippen LogP contribution in [0.5, 0.6) is 0 Å². The van der Waals surface area contributed by atoms with Crippen LogP contribution in [0, 0.1) is 0 Å². The minimum atomic E-state index is -0.417. The summed E-state index contributed by atoms with van der Waals surface area (Å²) in [5, 5.41) is 21.3. The van der Waals surface area contributed by atoms with E-state index >= 15 is 0 Å². The number of nitrogens with zero attached hydrogens (tertiary/aromatic N) is 3. The summed E-state index contributed by atoms with van der Waals surface area (Å²) in [4.78, 5) is 2.18. The van der Waals surface area contributed by atoms with E-state index in [0.29, 0.717) is 6.42 Å². The lowest BCUT2D eigenvalue weighted by molar-refractivity contribution is 0.222. The number of benzene rings is 2. The molecule has 1 N–H and O–H groups in total. The Morgan fingerprint density at radius 1 is 1.00 bits per heavy atom. The largest absolute Gasteiger partial charge is 0.389 e. The highest BCUT2D eigenvalue weighted by Crippen LogP contribution is 2.35. The molecule has 0 saturated heterocycles. The molecular weight excluding hydrogens is 346 g/mol. The van der Waals surface area contributed by atoms with Gasteiger partial charge in [-0.05, 0) is 25.8 Å². The van der Waals surface area contributed by atoms with Crippen molar-refractivity contribution in [3.63, 3.8) is 0 Å². The lowest BCUT2D eigenvalue weighted by atomic mass is 9.93. The second-order valence-electron chi connectivity index (χ2n) is 7.44. The van der Waals surface area contributed by atoms with Crippen LogP contribution >= 0.6 is 0 Å². The zero-order valence-electron chi connectivity index (χ0n) is 16.5. The highest BCUT2D eigenvalue weighted by atomic mass is 16.3. The third-order valence-electron chi connectivity index (χ3n) is 5.58. The van der Waals surface area contributed by atoms with Gasteiger partial charge in [0.15, 0.2) is 5.82 Å². The molecule has 0 radical (unpaired) electrons. The van der Waals surface area contributed by atoms with Crippen molar-refractivity contribution in [2.45, 2.75) is 32.4 Å². The zero-order chi connectivity index (χ0) is 19.7. The molecule has 1 aliphatic rings. The van der Waals surface area contributed by atoms with Gasteiger partial charge in [-0.2, -0.15) is 0 Å². The van der Waals surface area contributed by atoms with Gasteiger partial charge in [-0.25, -0.2) is 0 Å². The van der Waals surface area contributed by atoms with E-state index in [0.717, 1.165) is 33.4 Å². The van der Waals surface area contributed by atoms with Gasteiger partial charge in [0.1, 0.15) is 5.69 Å². The number of anilines is 1. The van der Waals surface area contributed by atoms with Crippen molar-refractivity contribution >= 4 is 22.2 Å². The molecule has 2 unspecified atom stereocenters. The monoisotopic (exact) mass is 371 g/mol. The molecule has 0 spiro atoms. The van der Waals surface area contributed by atoms with Crippen LogP contribution in [0.1, 0.15) is 37.6 Å². The van der Waals surface area contributed by atoms with Crippen molar-refractivity contribution in [2.75, 3.05) is 11.9 Å². The molecule has 1 aliphatic carbocycles. The number of hydrogen-bond donors (Lipinski definition) is 1. The molecule has 4 nitrogen and oxygen atoms in total. The number of aliphatic hydroxyl groups excluding tert-OH is 1. The Kier molecular flexibility index (Phi) is 4.97. The SMILES string of the molecule is CC1=C(c2nnc(N(C)C(C)c3ccccc3)c3ccccc23)C=CC(O)C1. The minimum absolute atomic E-state index is 0.176. The average Bonchev–Trinajstić information content (AvgIpc) is 2.73. The third-order valence-corrected chi connectivity index (χ3v) is 5.58. The lowest BCUT2D eigenvalue weighted by Gasteiger charge is -2.27. The number of hydrogen-bond acceptors (Lipinski definition) is 4. The van der Waals surface area contributed by atoms with E-state index < -0.39 is 6.10 Å². The Morgan fingerprint density at radius 3 is 2.39 bits per heavy atom. The summed E-state index contributed by atoms with van der Waals surface area (Å²) in [5.74, 6) is 0.869. The van der Waals surface area contributed by atoms with Gasteiger partial charge in [0.2, 0.25) is 0 Å². The first-order chi connectivity index (χ1) is 13.6. The molecule has 1 aromatic heterocycles. The number of aromatic nitrogens is 2. The van der Waals surface area contributed by atoms with Gasteiger partial charge < -0.3 is 10.0 Å². The van der Waals surface area contributed by atoms with Crippen LogP contribution in [0.25, 0.3) is 16.3 Å². The van der Waals surface area contributed by atoms with Crippen LogP contribution in [0.2, 0.25) is 0 Å². The highest BCUT2D eigenvalue weighted by molar-refractivity contribution is 6.00. The Bertz CT molecular complexity index is 1060. The van der Waals surface area contributed by atoms with Gasteiger partial charge in [0.05, 0.1) is 12.1 Å². The topological polar surface area (TPSA) is 49.2 Å². The molecule has 28 heavy (non-hydrogen) atoms. The lowest BCUT2D eigenvalue weighted by Crippen LogP contribution is -2.23. The van der Waals surface area contributed by atoms with Crippen LogP contribution in [-0.2, 0) is 0 Å². The van der Waals surface area contributed by atoms with E-state index in [4.69, 9.17) is 0 Å². The molecule has 4 heteroatoms. The quantitative estimate of drug-likeness (QED) is 0.707. The first-order valence-electron chi connectivity index (χ1n) is 9.66. The maximum Gasteiger partial charge on any atom is 0.159 e. The fourth-order valence-electron chi connectivity index (χ4n) is 3.81. The molecule has 0 fully saturated rings. The van der Waals surface area contributed by atoms with Crippen LogP contribution in [0.15, 0.2) is 72.3 Å². The van der Waals surface area contributed by atoms with Crippen molar-refractivity contribution in [2.24, 2.45) is 0 Å². The van der Waals surface area contributed by atoms with Crippen LogP contribution in [-0.4, -0.2) is 28.5 Å². The smallest absolute Gasteiger partial charge is 0.159 e. The molecule has 0 amide bonds. The summed E-state index contributed by atoms with van der Waals surface area (Å²) >= 11 is 0. The molecule has 2 atom stereocenters. The molecule has 0 saturated carbocycles. The molecule has 3 aromatic rings. The van der Waals surface area contributed by atoms with Gasteiger partial charge in [-0.3, -0.25) is 0 Å². The maximum absolute atomic E-state index is 9.88. The average molecular weight is 371 g/mol. The van der Waals surface area contributed by atoms with Crippen molar-refractivity contribution < 1.29 is 5.11 Å². The standard InChI is InChI=1S/C24H25N3O/c1-16-15-19(28)13-14-20(16)23-21-11-7-8-12-22(21)24(26-25-23)27(3)17(2)18-9-5-4-6-10-18/h4-14,17,19,28H,15H2,1-3H3. The molecule has 4 rings (SSSR count). The normalized spacial score (nSPS) is 17.8. The van der Waals surface area contributed by atoms with Gasteiger partial charge in [0, 0.05) is 23.4 Å². The summed E-state index contributed by atoms with van der Waals surface area (Å²) < 4.78 is 0. The molecule has 1 heterocycles. The molecule has 0 bridgehead atoms. The maximum atomic E-state index is 9.88. The first kappa shape index (κ1) is 18.4. The van der Waals surface area contributed by atoms with Crippen molar-refractivity contribution in [3.05, 3.63) is 83.6 Å². The summed E-state index contributed by atoms with van der Waals surface area (Å²) in [7, 11) is 2.06. The van der Waals surface area contributed by atoms with E-state index in [1.165, 1.54) is 5.56 Å². The first-order valence-corrected chi connectivity index (χ1v) is 9.66. The van der Waals surface area contributed by atoms with Gasteiger partial charge >= 0.3 is 0 Å². The van der Waals surface area contributed by atoms with E-state index in [2.05, 4.69) is 72.4 Å². The van der Waals surface area contributed by atoms with Gasteiger partial charge in [-0.1, -0.05) is 72.3 Å². The summed E-state index contributed by atoms with van der Waals surface area (Å²) in [6.45, 7) is 4.23. The van der Waals surface area contributed by atoms with Crippen LogP contribution < -0.4 is 4.90 Å². The van der Waals surface area contributed by atoms with E-state index in [-0.39, 0.29) is 6.04 Å². The Hall–Kier alpha value is -2.98. The zero-order valence-corrected chi connectivity index (χ0v) is 16.5. The van der Waals surface area contributed by atoms with Crippen molar-refractivity contribution in [1.82, 2.24) is 10.2 Å². The number of rotatable bonds is 4. The number of allylic oxidation sites excluding steroid dienone is 2. The van der Waals surface area contributed by atoms with Gasteiger partial charge in [0.25, 0.3) is 0 Å². The third kappa shape index (κ3) is 3.32. The Morgan fingerprint density at radius 2 is 1.68 bits per heavy atom. The van der Waals surface area contributed by atoms with Gasteiger partial charge in [-0.15, -0.1) is 10.2 Å². The fourth-order valence-corrected chi connectivity index (χ4v) is 3.81. The predicted molar refractivity (Wildman–Crippen MR) is 115 cm³/mol. The predicted octanol–water partition coefficient (Wildman–Crippen LogP) is 4.92. The summed E-state index contributed by atoms with van der Waals surface area (Å²) in [6.07, 6.45) is 4.01. The van der Waals surface area contributed by atoms with E-state index in [1.807, 2.05) is 30.4 Å². The fraction of sp³-hybridized carbons (Fsp3) is 0.250. The Labute approximate surface area is 165 Å².